The van der Waals surface area contributed by atoms with Crippen molar-refractivity contribution >= 4 is 5.91 Å². The standard InChI is InChI=1S/C16H16FNO2/c1-11-3-6-13(9-15(11)17)16(20)18(2)10-12-4-7-14(19)8-5-12/h3-9,19H,10H2,1-2H3. The Labute approximate surface area is 117 Å². The normalized spacial score (nSPS) is 10.3. The molecule has 0 bridgehead atoms. The van der Waals surface area contributed by atoms with Crippen LogP contribution in [0.4, 0.5) is 4.39 Å². The second-order valence-corrected chi connectivity index (χ2v) is 4.79. The summed E-state index contributed by atoms with van der Waals surface area (Å²) in [7, 11) is 1.66. The van der Waals surface area contributed by atoms with E-state index in [2.05, 4.69) is 0 Å². The van der Waals surface area contributed by atoms with Crippen molar-refractivity contribution in [2.45, 2.75) is 13.5 Å². The van der Waals surface area contributed by atoms with Gasteiger partial charge in [0.2, 0.25) is 0 Å². The van der Waals surface area contributed by atoms with Gasteiger partial charge in [0.25, 0.3) is 5.91 Å². The maximum atomic E-state index is 13.5. The van der Waals surface area contributed by atoms with Crippen LogP contribution in [0.15, 0.2) is 42.5 Å². The zero-order valence-electron chi connectivity index (χ0n) is 11.4. The molecule has 104 valence electrons. The number of benzene rings is 2. The molecule has 0 fully saturated rings. The van der Waals surface area contributed by atoms with Gasteiger partial charge in [-0.1, -0.05) is 18.2 Å². The number of aryl methyl sites for hydroxylation is 1. The third kappa shape index (κ3) is 3.15. The second-order valence-electron chi connectivity index (χ2n) is 4.79. The highest BCUT2D eigenvalue weighted by Gasteiger charge is 2.13. The summed E-state index contributed by atoms with van der Waals surface area (Å²) in [6.45, 7) is 2.05. The molecule has 2 rings (SSSR count). The van der Waals surface area contributed by atoms with Gasteiger partial charge in [0.1, 0.15) is 11.6 Å². The molecule has 0 aliphatic heterocycles. The molecule has 0 saturated heterocycles. The fourth-order valence-electron chi connectivity index (χ4n) is 1.89. The minimum atomic E-state index is -0.381. The average Bonchev–Trinajstić information content (AvgIpc) is 2.43. The number of rotatable bonds is 3. The van der Waals surface area contributed by atoms with Gasteiger partial charge < -0.3 is 10.0 Å². The zero-order chi connectivity index (χ0) is 14.7. The minimum Gasteiger partial charge on any atom is -0.508 e. The average molecular weight is 273 g/mol. The van der Waals surface area contributed by atoms with E-state index in [1.807, 2.05) is 0 Å². The number of halogens is 1. The lowest BCUT2D eigenvalue weighted by atomic mass is 10.1. The predicted octanol–water partition coefficient (Wildman–Crippen LogP) is 3.11. The Bertz CT molecular complexity index is 623. The molecule has 0 unspecified atom stereocenters. The lowest BCUT2D eigenvalue weighted by Gasteiger charge is -2.17. The number of carbonyl (C=O) groups is 1. The molecular formula is C16H16FNO2. The van der Waals surface area contributed by atoms with Gasteiger partial charge in [0, 0.05) is 19.2 Å². The molecule has 1 amide bonds. The first-order valence-electron chi connectivity index (χ1n) is 6.27. The van der Waals surface area contributed by atoms with Crippen LogP contribution in [0, 0.1) is 12.7 Å². The molecule has 0 radical (unpaired) electrons. The molecule has 0 atom stereocenters. The number of phenols is 1. The van der Waals surface area contributed by atoms with E-state index in [0.717, 1.165) is 5.56 Å². The number of phenolic OH excluding ortho intramolecular Hbond substituents is 1. The Morgan fingerprint density at radius 1 is 1.20 bits per heavy atom. The van der Waals surface area contributed by atoms with E-state index in [-0.39, 0.29) is 17.5 Å². The largest absolute Gasteiger partial charge is 0.508 e. The molecule has 0 aliphatic rings. The Morgan fingerprint density at radius 2 is 1.85 bits per heavy atom. The Balaban J connectivity index is 2.11. The van der Waals surface area contributed by atoms with E-state index in [9.17, 15) is 14.3 Å². The summed E-state index contributed by atoms with van der Waals surface area (Å²) in [5.41, 5.74) is 1.74. The van der Waals surface area contributed by atoms with Crippen molar-refractivity contribution in [1.82, 2.24) is 4.90 Å². The van der Waals surface area contributed by atoms with Gasteiger partial charge in [-0.3, -0.25) is 4.79 Å². The van der Waals surface area contributed by atoms with Gasteiger partial charge >= 0.3 is 0 Å². The summed E-state index contributed by atoms with van der Waals surface area (Å²) in [4.78, 5) is 13.7. The van der Waals surface area contributed by atoms with E-state index in [1.54, 1.807) is 50.4 Å². The van der Waals surface area contributed by atoms with Crippen LogP contribution in [0.1, 0.15) is 21.5 Å². The predicted molar refractivity (Wildman–Crippen MR) is 75.0 cm³/mol. The van der Waals surface area contributed by atoms with Gasteiger partial charge in [0.05, 0.1) is 0 Å². The van der Waals surface area contributed by atoms with E-state index in [4.69, 9.17) is 0 Å². The van der Waals surface area contributed by atoms with E-state index in [1.165, 1.54) is 11.0 Å². The van der Waals surface area contributed by atoms with Crippen molar-refractivity contribution in [3.63, 3.8) is 0 Å². The van der Waals surface area contributed by atoms with E-state index >= 15 is 0 Å². The number of amides is 1. The fraction of sp³-hybridized carbons (Fsp3) is 0.188. The Kier molecular flexibility index (Phi) is 4.03. The summed E-state index contributed by atoms with van der Waals surface area (Å²) >= 11 is 0. The Hall–Kier alpha value is -2.36. The Morgan fingerprint density at radius 3 is 2.45 bits per heavy atom. The van der Waals surface area contributed by atoms with Crippen LogP contribution < -0.4 is 0 Å². The van der Waals surface area contributed by atoms with Gasteiger partial charge in [-0.25, -0.2) is 4.39 Å². The summed E-state index contributed by atoms with van der Waals surface area (Å²) in [6.07, 6.45) is 0. The zero-order valence-corrected chi connectivity index (χ0v) is 11.4. The van der Waals surface area contributed by atoms with Crippen molar-refractivity contribution in [2.75, 3.05) is 7.05 Å². The lowest BCUT2D eigenvalue weighted by molar-refractivity contribution is 0.0784. The van der Waals surface area contributed by atoms with Crippen molar-refractivity contribution in [2.24, 2.45) is 0 Å². The molecular weight excluding hydrogens is 257 g/mol. The SMILES string of the molecule is Cc1ccc(C(=O)N(C)Cc2ccc(O)cc2)cc1F. The monoisotopic (exact) mass is 273 g/mol. The van der Waals surface area contributed by atoms with Gasteiger partial charge in [0.15, 0.2) is 0 Å². The first kappa shape index (κ1) is 14.1. The first-order chi connectivity index (χ1) is 9.47. The number of hydrogen-bond acceptors (Lipinski definition) is 2. The first-order valence-corrected chi connectivity index (χ1v) is 6.27. The van der Waals surface area contributed by atoms with Crippen molar-refractivity contribution in [1.29, 1.82) is 0 Å². The molecule has 2 aromatic carbocycles. The van der Waals surface area contributed by atoms with Gasteiger partial charge in [-0.05, 0) is 42.3 Å². The maximum absolute atomic E-state index is 13.5. The van der Waals surface area contributed by atoms with Crippen molar-refractivity contribution in [3.8, 4) is 5.75 Å². The van der Waals surface area contributed by atoms with Crippen LogP contribution in [-0.2, 0) is 6.54 Å². The minimum absolute atomic E-state index is 0.184. The molecule has 2 aromatic rings. The van der Waals surface area contributed by atoms with Crippen LogP contribution in [0.5, 0.6) is 5.75 Å². The summed E-state index contributed by atoms with van der Waals surface area (Å²) in [5, 5.41) is 9.21. The van der Waals surface area contributed by atoms with Gasteiger partial charge in [-0.15, -0.1) is 0 Å². The molecule has 20 heavy (non-hydrogen) atoms. The quantitative estimate of drug-likeness (QED) is 0.933. The molecule has 0 aromatic heterocycles. The van der Waals surface area contributed by atoms with Crippen LogP contribution in [0.3, 0.4) is 0 Å². The summed E-state index contributed by atoms with van der Waals surface area (Å²) in [6, 6.07) is 11.1. The van der Waals surface area contributed by atoms with Crippen LogP contribution in [-0.4, -0.2) is 23.0 Å². The molecule has 0 heterocycles. The maximum Gasteiger partial charge on any atom is 0.253 e. The number of hydrogen-bond donors (Lipinski definition) is 1. The highest BCUT2D eigenvalue weighted by Crippen LogP contribution is 2.14. The molecule has 3 nitrogen and oxygen atoms in total. The highest BCUT2D eigenvalue weighted by molar-refractivity contribution is 5.94. The van der Waals surface area contributed by atoms with E-state index < -0.39 is 0 Å². The van der Waals surface area contributed by atoms with Gasteiger partial charge in [-0.2, -0.15) is 0 Å². The van der Waals surface area contributed by atoms with E-state index in [0.29, 0.717) is 17.7 Å². The van der Waals surface area contributed by atoms with Crippen LogP contribution in [0.2, 0.25) is 0 Å². The smallest absolute Gasteiger partial charge is 0.253 e. The molecule has 0 aliphatic carbocycles. The number of aromatic hydroxyl groups is 1. The third-order valence-electron chi connectivity index (χ3n) is 3.12. The number of nitrogens with zero attached hydrogens (tertiary/aromatic N) is 1. The third-order valence-corrected chi connectivity index (χ3v) is 3.12. The van der Waals surface area contributed by atoms with Crippen molar-refractivity contribution in [3.05, 3.63) is 65.0 Å². The molecule has 4 heteroatoms. The van der Waals surface area contributed by atoms with Crippen LogP contribution in [0.25, 0.3) is 0 Å². The molecule has 1 N–H and O–H groups in total. The lowest BCUT2D eigenvalue weighted by Crippen LogP contribution is -2.26. The topological polar surface area (TPSA) is 40.5 Å². The highest BCUT2D eigenvalue weighted by atomic mass is 19.1. The summed E-state index contributed by atoms with van der Waals surface area (Å²) in [5.74, 6) is -0.436. The second kappa shape index (κ2) is 5.74. The number of carbonyl (C=O) groups excluding carboxylic acids is 1. The summed E-state index contributed by atoms with van der Waals surface area (Å²) < 4.78 is 13.5. The fourth-order valence-corrected chi connectivity index (χ4v) is 1.89. The molecule has 0 spiro atoms. The van der Waals surface area contributed by atoms with Crippen molar-refractivity contribution < 1.29 is 14.3 Å². The molecule has 0 saturated carbocycles. The van der Waals surface area contributed by atoms with Crippen LogP contribution >= 0.6 is 0 Å².